The van der Waals surface area contributed by atoms with Crippen LogP contribution in [0.4, 0.5) is 0 Å². The van der Waals surface area contributed by atoms with Crippen molar-refractivity contribution >= 4 is 5.91 Å². The van der Waals surface area contributed by atoms with Gasteiger partial charge in [-0.3, -0.25) is 9.69 Å². The number of likely N-dealkylation sites (tertiary alicyclic amines) is 2. The molecule has 3 heterocycles. The summed E-state index contributed by atoms with van der Waals surface area (Å²) >= 11 is 0. The minimum Gasteiger partial charge on any atom is -0.486 e. The van der Waals surface area contributed by atoms with E-state index in [2.05, 4.69) is 4.90 Å². The van der Waals surface area contributed by atoms with Gasteiger partial charge in [-0.05, 0) is 49.9 Å². The Hall–Kier alpha value is -1.79. The number of hydrogen-bond donors (Lipinski definition) is 0. The molecular weight excluding hydrogens is 344 g/mol. The Labute approximate surface area is 161 Å². The Morgan fingerprint density at radius 3 is 2.74 bits per heavy atom. The number of benzene rings is 1. The summed E-state index contributed by atoms with van der Waals surface area (Å²) in [6, 6.07) is 7.88. The fourth-order valence-electron chi connectivity index (χ4n) is 4.57. The normalized spacial score (nSPS) is 25.0. The van der Waals surface area contributed by atoms with Crippen molar-refractivity contribution in [3.8, 4) is 11.5 Å². The summed E-state index contributed by atoms with van der Waals surface area (Å²) in [4.78, 5) is 16.7. The third-order valence-corrected chi connectivity index (χ3v) is 6.26. The van der Waals surface area contributed by atoms with Gasteiger partial charge in [-0.2, -0.15) is 0 Å². The molecule has 1 aromatic carbocycles. The Balaban J connectivity index is 1.28. The molecule has 3 aliphatic heterocycles. The molecule has 3 aliphatic rings. The van der Waals surface area contributed by atoms with E-state index in [0.29, 0.717) is 26.2 Å². The molecule has 0 bridgehead atoms. The van der Waals surface area contributed by atoms with E-state index in [0.717, 1.165) is 56.9 Å². The summed E-state index contributed by atoms with van der Waals surface area (Å²) in [6.07, 6.45) is 4.08. The van der Waals surface area contributed by atoms with Crippen molar-refractivity contribution in [1.29, 1.82) is 0 Å². The molecule has 0 aliphatic carbocycles. The van der Waals surface area contributed by atoms with Gasteiger partial charge in [-0.1, -0.05) is 12.1 Å². The van der Waals surface area contributed by atoms with E-state index in [9.17, 15) is 4.79 Å². The zero-order valence-corrected chi connectivity index (χ0v) is 16.2. The summed E-state index contributed by atoms with van der Waals surface area (Å²) in [7, 11) is 1.69. The zero-order chi connectivity index (χ0) is 18.7. The van der Waals surface area contributed by atoms with Gasteiger partial charge in [-0.15, -0.1) is 0 Å². The van der Waals surface area contributed by atoms with Crippen molar-refractivity contribution in [1.82, 2.24) is 9.80 Å². The maximum Gasteiger partial charge on any atom is 0.222 e. The molecule has 0 N–H and O–H groups in total. The summed E-state index contributed by atoms with van der Waals surface area (Å²) in [5.74, 6) is 1.97. The molecule has 6 heteroatoms. The first-order valence-corrected chi connectivity index (χ1v) is 10.1. The van der Waals surface area contributed by atoms with Crippen molar-refractivity contribution in [3.05, 3.63) is 24.3 Å². The van der Waals surface area contributed by atoms with Gasteiger partial charge in [0, 0.05) is 33.2 Å². The average Bonchev–Trinajstić information content (AvgIpc) is 2.71. The lowest BCUT2D eigenvalue weighted by atomic mass is 9.72. The van der Waals surface area contributed by atoms with Gasteiger partial charge in [0.15, 0.2) is 11.5 Å². The van der Waals surface area contributed by atoms with Crippen molar-refractivity contribution in [2.24, 2.45) is 5.41 Å². The van der Waals surface area contributed by atoms with Crippen LogP contribution in [-0.2, 0) is 9.53 Å². The minimum atomic E-state index is 0.0834. The number of carbonyl (C=O) groups excluding carboxylic acids is 1. The van der Waals surface area contributed by atoms with Crippen LogP contribution in [0.5, 0.6) is 11.5 Å². The highest BCUT2D eigenvalue weighted by Gasteiger charge is 2.41. The molecular formula is C21H30N2O4. The maximum atomic E-state index is 12.2. The summed E-state index contributed by atoms with van der Waals surface area (Å²) in [6.45, 7) is 5.86. The highest BCUT2D eigenvalue weighted by Crippen LogP contribution is 2.40. The van der Waals surface area contributed by atoms with Gasteiger partial charge < -0.3 is 19.1 Å². The van der Waals surface area contributed by atoms with Crippen molar-refractivity contribution < 1.29 is 19.0 Å². The molecule has 0 aromatic heterocycles. The second-order valence-corrected chi connectivity index (χ2v) is 8.11. The van der Waals surface area contributed by atoms with Crippen LogP contribution in [0, 0.1) is 5.41 Å². The van der Waals surface area contributed by atoms with Gasteiger partial charge in [-0.25, -0.2) is 0 Å². The molecule has 1 atom stereocenters. The number of hydrogen-bond acceptors (Lipinski definition) is 5. The van der Waals surface area contributed by atoms with Gasteiger partial charge >= 0.3 is 0 Å². The summed E-state index contributed by atoms with van der Waals surface area (Å²) < 4.78 is 17.1. The quantitative estimate of drug-likeness (QED) is 0.791. The van der Waals surface area contributed by atoms with Crippen LogP contribution in [0.3, 0.4) is 0 Å². The molecule has 148 valence electrons. The number of rotatable bonds is 5. The fourth-order valence-corrected chi connectivity index (χ4v) is 4.57. The first-order valence-electron chi connectivity index (χ1n) is 10.1. The average molecular weight is 374 g/mol. The first kappa shape index (κ1) is 18.6. The molecule has 6 nitrogen and oxygen atoms in total. The van der Waals surface area contributed by atoms with Gasteiger partial charge in [0.2, 0.25) is 5.91 Å². The van der Waals surface area contributed by atoms with Gasteiger partial charge in [0.1, 0.15) is 12.7 Å². The highest BCUT2D eigenvalue weighted by atomic mass is 16.6. The lowest BCUT2D eigenvalue weighted by Gasteiger charge is -2.48. The van der Waals surface area contributed by atoms with E-state index in [1.807, 2.05) is 29.2 Å². The molecule has 4 rings (SSSR count). The van der Waals surface area contributed by atoms with E-state index in [-0.39, 0.29) is 17.4 Å². The topological polar surface area (TPSA) is 51.2 Å². The molecule has 2 saturated heterocycles. The van der Waals surface area contributed by atoms with Gasteiger partial charge in [0.05, 0.1) is 6.61 Å². The van der Waals surface area contributed by atoms with E-state index < -0.39 is 0 Å². The molecule has 1 spiro atoms. The number of amides is 1. The van der Waals surface area contributed by atoms with E-state index in [1.54, 1.807) is 7.11 Å². The van der Waals surface area contributed by atoms with Crippen LogP contribution in [0.25, 0.3) is 0 Å². The van der Waals surface area contributed by atoms with Crippen LogP contribution >= 0.6 is 0 Å². The minimum absolute atomic E-state index is 0.0834. The Bertz CT molecular complexity index is 657. The number of methoxy groups -OCH3 is 1. The number of ether oxygens (including phenoxy) is 3. The van der Waals surface area contributed by atoms with Crippen molar-refractivity contribution in [2.45, 2.75) is 31.8 Å². The third-order valence-electron chi connectivity index (χ3n) is 6.26. The van der Waals surface area contributed by atoms with Gasteiger partial charge in [0.25, 0.3) is 0 Å². The lowest BCUT2D eigenvalue weighted by molar-refractivity contribution is -0.140. The molecule has 0 unspecified atom stereocenters. The number of piperidine rings is 2. The smallest absolute Gasteiger partial charge is 0.222 e. The van der Waals surface area contributed by atoms with Crippen molar-refractivity contribution in [2.75, 3.05) is 53.0 Å². The largest absolute Gasteiger partial charge is 0.486 e. The number of para-hydroxylation sites is 2. The molecule has 1 aromatic rings. The van der Waals surface area contributed by atoms with Crippen LogP contribution in [0.2, 0.25) is 0 Å². The summed E-state index contributed by atoms with van der Waals surface area (Å²) in [5.41, 5.74) is 0.286. The second-order valence-electron chi connectivity index (χ2n) is 8.11. The lowest BCUT2D eigenvalue weighted by Crippen LogP contribution is -2.53. The molecule has 1 amide bonds. The highest BCUT2D eigenvalue weighted by molar-refractivity contribution is 5.77. The molecule has 27 heavy (non-hydrogen) atoms. The summed E-state index contributed by atoms with van der Waals surface area (Å²) in [5, 5.41) is 0. The fraction of sp³-hybridized carbons (Fsp3) is 0.667. The Morgan fingerprint density at radius 1 is 1.19 bits per heavy atom. The predicted molar refractivity (Wildman–Crippen MR) is 102 cm³/mol. The van der Waals surface area contributed by atoms with Crippen LogP contribution in [0.1, 0.15) is 25.7 Å². The van der Waals surface area contributed by atoms with Crippen LogP contribution < -0.4 is 9.47 Å². The number of nitrogens with zero attached hydrogens (tertiary/aromatic N) is 2. The monoisotopic (exact) mass is 374 g/mol. The van der Waals surface area contributed by atoms with Crippen molar-refractivity contribution in [3.63, 3.8) is 0 Å². The second kappa shape index (κ2) is 8.07. The number of carbonyl (C=O) groups is 1. The third kappa shape index (κ3) is 4.22. The Morgan fingerprint density at radius 2 is 1.96 bits per heavy atom. The predicted octanol–water partition coefficient (Wildman–Crippen LogP) is 2.18. The van der Waals surface area contributed by atoms with Crippen LogP contribution in [-0.4, -0.2) is 74.9 Å². The molecule has 0 saturated carbocycles. The first-order chi connectivity index (χ1) is 13.2. The SMILES string of the molecule is COCCN1CC2(CCC1=O)CCN(C[C@H]1COc3ccccc3O1)CC2. The van der Waals surface area contributed by atoms with E-state index in [1.165, 1.54) is 0 Å². The van der Waals surface area contributed by atoms with E-state index >= 15 is 0 Å². The standard InChI is InChI=1S/C21H30N2O4/c1-25-13-12-23-16-21(7-6-20(23)24)8-10-22(11-9-21)14-17-15-26-18-4-2-3-5-19(18)27-17/h2-5,17H,6-16H2,1H3/t17-/m0/s1. The molecule has 0 radical (unpaired) electrons. The van der Waals surface area contributed by atoms with E-state index in [4.69, 9.17) is 14.2 Å². The Kier molecular flexibility index (Phi) is 5.55. The molecule has 2 fully saturated rings. The number of fused-ring (bicyclic) bond motifs is 1. The zero-order valence-electron chi connectivity index (χ0n) is 16.2. The van der Waals surface area contributed by atoms with Crippen LogP contribution in [0.15, 0.2) is 24.3 Å². The maximum absolute atomic E-state index is 12.2.